The first-order valence-electron chi connectivity index (χ1n) is 5.09. The number of hydrogen-bond acceptors (Lipinski definition) is 3. The normalized spacial score (nSPS) is 14.3. The van der Waals surface area contributed by atoms with Crippen LogP contribution in [0.15, 0.2) is 11.6 Å². The lowest BCUT2D eigenvalue weighted by Crippen LogP contribution is -2.38. The van der Waals surface area contributed by atoms with Gasteiger partial charge in [-0.2, -0.15) is 0 Å². The van der Waals surface area contributed by atoms with Gasteiger partial charge < -0.3 is 15.2 Å². The van der Waals surface area contributed by atoms with E-state index < -0.39 is 5.97 Å². The number of carboxylic acids is 1. The third kappa shape index (κ3) is 7.11. The summed E-state index contributed by atoms with van der Waals surface area (Å²) >= 11 is 0. The molecule has 0 amide bonds. The van der Waals surface area contributed by atoms with Gasteiger partial charge in [-0.1, -0.05) is 19.4 Å². The maximum atomic E-state index is 10.4. The van der Waals surface area contributed by atoms with Crippen molar-refractivity contribution in [1.82, 2.24) is 5.32 Å². The van der Waals surface area contributed by atoms with Crippen LogP contribution in [0.3, 0.4) is 0 Å². The number of aliphatic carboxylic acids is 1. The van der Waals surface area contributed by atoms with E-state index in [1.54, 1.807) is 14.0 Å². The van der Waals surface area contributed by atoms with Gasteiger partial charge in [0.2, 0.25) is 0 Å². The van der Waals surface area contributed by atoms with Gasteiger partial charge in [-0.25, -0.2) is 4.79 Å². The maximum absolute atomic E-state index is 10.4. The fourth-order valence-electron chi connectivity index (χ4n) is 1.22. The van der Waals surface area contributed by atoms with Gasteiger partial charge in [-0.3, -0.25) is 0 Å². The summed E-state index contributed by atoms with van der Waals surface area (Å²) in [6.07, 6.45) is 1.22. The Hall–Kier alpha value is -0.870. The van der Waals surface area contributed by atoms with Crippen LogP contribution in [0.25, 0.3) is 0 Å². The fraction of sp³-hybridized carbons (Fsp3) is 0.727. The fourth-order valence-corrected chi connectivity index (χ4v) is 1.22. The van der Waals surface area contributed by atoms with Crippen molar-refractivity contribution in [2.45, 2.75) is 26.8 Å². The summed E-state index contributed by atoms with van der Waals surface area (Å²) in [4.78, 5) is 10.4. The molecule has 0 rings (SSSR count). The molecule has 0 aromatic rings. The highest BCUT2D eigenvalue weighted by atomic mass is 16.5. The predicted octanol–water partition coefficient (Wildman–Crippen LogP) is 1.28. The van der Waals surface area contributed by atoms with Crippen LogP contribution in [0.4, 0.5) is 0 Å². The monoisotopic (exact) mass is 215 g/mol. The molecule has 0 aliphatic heterocycles. The van der Waals surface area contributed by atoms with Crippen LogP contribution in [0.2, 0.25) is 0 Å². The second-order valence-electron chi connectivity index (χ2n) is 4.02. The number of carbonyl (C=O) groups is 1. The summed E-state index contributed by atoms with van der Waals surface area (Å²) in [5, 5.41) is 11.8. The summed E-state index contributed by atoms with van der Waals surface area (Å²) in [5.74, 6) is -0.440. The molecule has 4 heteroatoms. The topological polar surface area (TPSA) is 58.6 Å². The van der Waals surface area contributed by atoms with Crippen LogP contribution >= 0.6 is 0 Å². The Labute approximate surface area is 91.3 Å². The van der Waals surface area contributed by atoms with Crippen LogP contribution in [-0.2, 0) is 9.53 Å². The maximum Gasteiger partial charge on any atom is 0.328 e. The average molecular weight is 215 g/mol. The largest absolute Gasteiger partial charge is 0.478 e. The molecule has 0 saturated heterocycles. The van der Waals surface area contributed by atoms with E-state index in [9.17, 15) is 4.79 Å². The highest BCUT2D eigenvalue weighted by Crippen LogP contribution is 2.02. The number of ether oxygens (including phenoxy) is 1. The first-order chi connectivity index (χ1) is 6.97. The number of nitrogens with one attached hydrogen (secondary N) is 1. The molecule has 0 fully saturated rings. The molecule has 1 unspecified atom stereocenters. The lowest BCUT2D eigenvalue weighted by atomic mass is 10.1. The molecular weight excluding hydrogens is 194 g/mol. The quantitative estimate of drug-likeness (QED) is 0.628. The zero-order chi connectivity index (χ0) is 11.8. The second-order valence-corrected chi connectivity index (χ2v) is 4.02. The Kier molecular flexibility index (Phi) is 6.99. The van der Waals surface area contributed by atoms with Gasteiger partial charge in [0.1, 0.15) is 0 Å². The number of methoxy groups -OCH3 is 1. The smallest absolute Gasteiger partial charge is 0.328 e. The number of rotatable bonds is 7. The van der Waals surface area contributed by atoms with E-state index in [0.717, 1.165) is 5.57 Å². The molecule has 88 valence electrons. The molecule has 2 N–H and O–H groups in total. The minimum Gasteiger partial charge on any atom is -0.478 e. The first-order valence-corrected chi connectivity index (χ1v) is 5.09. The molecule has 0 aromatic heterocycles. The zero-order valence-electron chi connectivity index (χ0n) is 9.91. The van der Waals surface area contributed by atoms with Crippen molar-refractivity contribution in [3.05, 3.63) is 11.6 Å². The van der Waals surface area contributed by atoms with Crippen molar-refractivity contribution in [3.63, 3.8) is 0 Å². The van der Waals surface area contributed by atoms with Crippen LogP contribution in [0.5, 0.6) is 0 Å². The summed E-state index contributed by atoms with van der Waals surface area (Å²) in [6, 6.07) is 0.257. The standard InChI is InChI=1S/C11H21NO3/c1-8(2)10(7-15-4)12-6-9(3)5-11(13)14/h5,8,10,12H,6-7H2,1-4H3,(H,13,14). The SMILES string of the molecule is COCC(NCC(C)=CC(=O)O)C(C)C. The number of carboxylic acid groups (broad SMARTS) is 1. The summed E-state index contributed by atoms with van der Waals surface area (Å²) in [6.45, 7) is 7.22. The Balaban J connectivity index is 4.04. The molecule has 0 aliphatic rings. The molecule has 0 saturated carbocycles. The molecule has 1 atom stereocenters. The summed E-state index contributed by atoms with van der Waals surface area (Å²) < 4.78 is 5.08. The minimum atomic E-state index is -0.901. The Morgan fingerprint density at radius 1 is 1.53 bits per heavy atom. The van der Waals surface area contributed by atoms with Crippen LogP contribution in [0, 0.1) is 5.92 Å². The Bertz CT molecular complexity index is 224. The van der Waals surface area contributed by atoms with E-state index in [0.29, 0.717) is 19.1 Å². The predicted molar refractivity (Wildman–Crippen MR) is 59.9 cm³/mol. The molecule has 0 spiro atoms. The Morgan fingerprint density at radius 3 is 2.53 bits per heavy atom. The number of hydrogen-bond donors (Lipinski definition) is 2. The third-order valence-corrected chi connectivity index (χ3v) is 2.16. The molecular formula is C11H21NO3. The van der Waals surface area contributed by atoms with Crippen LogP contribution in [0.1, 0.15) is 20.8 Å². The van der Waals surface area contributed by atoms with Crippen molar-refractivity contribution in [3.8, 4) is 0 Å². The lowest BCUT2D eigenvalue weighted by molar-refractivity contribution is -0.131. The highest BCUT2D eigenvalue weighted by Gasteiger charge is 2.11. The van der Waals surface area contributed by atoms with E-state index in [4.69, 9.17) is 9.84 Å². The van der Waals surface area contributed by atoms with E-state index in [1.165, 1.54) is 6.08 Å². The van der Waals surface area contributed by atoms with Gasteiger partial charge in [0.05, 0.1) is 6.61 Å². The van der Waals surface area contributed by atoms with Gasteiger partial charge >= 0.3 is 5.97 Å². The molecule has 4 nitrogen and oxygen atoms in total. The van der Waals surface area contributed by atoms with Crippen molar-refractivity contribution in [2.24, 2.45) is 5.92 Å². The van der Waals surface area contributed by atoms with Gasteiger partial charge in [0.25, 0.3) is 0 Å². The van der Waals surface area contributed by atoms with Crippen molar-refractivity contribution < 1.29 is 14.6 Å². The molecule has 0 radical (unpaired) electrons. The molecule has 0 heterocycles. The molecule has 0 aliphatic carbocycles. The van der Waals surface area contributed by atoms with Crippen LogP contribution in [-0.4, -0.2) is 37.4 Å². The second kappa shape index (κ2) is 7.43. The van der Waals surface area contributed by atoms with E-state index >= 15 is 0 Å². The van der Waals surface area contributed by atoms with Gasteiger partial charge in [0, 0.05) is 25.8 Å². The first kappa shape index (κ1) is 14.1. The lowest BCUT2D eigenvalue weighted by Gasteiger charge is -2.21. The highest BCUT2D eigenvalue weighted by molar-refractivity contribution is 5.80. The van der Waals surface area contributed by atoms with Crippen molar-refractivity contribution in [2.75, 3.05) is 20.3 Å². The Morgan fingerprint density at radius 2 is 2.13 bits per heavy atom. The van der Waals surface area contributed by atoms with Crippen molar-refractivity contribution >= 4 is 5.97 Å². The van der Waals surface area contributed by atoms with E-state index in [1.807, 2.05) is 0 Å². The summed E-state index contributed by atoms with van der Waals surface area (Å²) in [7, 11) is 1.66. The van der Waals surface area contributed by atoms with Crippen molar-refractivity contribution in [1.29, 1.82) is 0 Å². The average Bonchev–Trinajstić information content (AvgIpc) is 2.10. The third-order valence-electron chi connectivity index (χ3n) is 2.16. The van der Waals surface area contributed by atoms with E-state index in [2.05, 4.69) is 19.2 Å². The van der Waals surface area contributed by atoms with Gasteiger partial charge in [-0.15, -0.1) is 0 Å². The van der Waals surface area contributed by atoms with Gasteiger partial charge in [0.15, 0.2) is 0 Å². The van der Waals surface area contributed by atoms with Crippen LogP contribution < -0.4 is 5.32 Å². The minimum absolute atomic E-state index is 0.257. The summed E-state index contributed by atoms with van der Waals surface area (Å²) in [5.41, 5.74) is 0.809. The van der Waals surface area contributed by atoms with Gasteiger partial charge in [-0.05, 0) is 12.8 Å². The molecule has 15 heavy (non-hydrogen) atoms. The molecule has 0 aromatic carbocycles. The zero-order valence-corrected chi connectivity index (χ0v) is 9.91. The molecule has 0 bridgehead atoms. The van der Waals surface area contributed by atoms with E-state index in [-0.39, 0.29) is 6.04 Å².